The summed E-state index contributed by atoms with van der Waals surface area (Å²) >= 11 is 0. The van der Waals surface area contributed by atoms with Gasteiger partial charge in [-0.1, -0.05) is 60.7 Å². The zero-order valence-electron chi connectivity index (χ0n) is 15.9. The summed E-state index contributed by atoms with van der Waals surface area (Å²) in [5, 5.41) is 22.4. The number of aromatic hydroxyl groups is 2. The second kappa shape index (κ2) is 9.48. The van der Waals surface area contributed by atoms with Crippen LogP contribution in [0.3, 0.4) is 0 Å². The topological polar surface area (TPSA) is 148 Å². The SMILES string of the molecule is NC(C(=O)OCc1ccccc1)c1nc(O)c(O)c(C(=O)NCc2ccccc2)n1. The molecule has 0 bridgehead atoms. The molecule has 3 rings (SSSR count). The summed E-state index contributed by atoms with van der Waals surface area (Å²) < 4.78 is 5.13. The molecular weight excluding hydrogens is 388 g/mol. The second-order valence-corrected chi connectivity index (χ2v) is 6.34. The molecule has 0 spiro atoms. The monoisotopic (exact) mass is 408 g/mol. The Morgan fingerprint density at radius 3 is 2.20 bits per heavy atom. The van der Waals surface area contributed by atoms with E-state index in [0.717, 1.165) is 11.1 Å². The van der Waals surface area contributed by atoms with E-state index < -0.39 is 35.2 Å². The standard InChI is InChI=1S/C21H20N4O5/c22-15(21(29)30-12-14-9-5-2-6-10-14)18-24-16(17(26)20(28)25-18)19(27)23-11-13-7-3-1-4-8-13/h1-10,15,26H,11-12,22H2,(H,23,27)(H,24,25,28). The van der Waals surface area contributed by atoms with Crippen molar-refractivity contribution in [2.45, 2.75) is 19.2 Å². The molecule has 1 heterocycles. The lowest BCUT2D eigenvalue weighted by Crippen LogP contribution is -2.28. The normalized spacial score (nSPS) is 11.5. The molecule has 9 nitrogen and oxygen atoms in total. The average molecular weight is 408 g/mol. The molecule has 0 aliphatic rings. The van der Waals surface area contributed by atoms with Gasteiger partial charge >= 0.3 is 5.97 Å². The van der Waals surface area contributed by atoms with E-state index in [1.54, 1.807) is 24.3 Å². The minimum Gasteiger partial charge on any atom is -0.501 e. The predicted molar refractivity (Wildman–Crippen MR) is 106 cm³/mol. The Labute approximate surface area is 172 Å². The Kier molecular flexibility index (Phi) is 6.56. The van der Waals surface area contributed by atoms with Crippen molar-refractivity contribution in [1.82, 2.24) is 15.3 Å². The van der Waals surface area contributed by atoms with Crippen molar-refractivity contribution in [2.75, 3.05) is 0 Å². The number of carbonyl (C=O) groups excluding carboxylic acids is 2. The van der Waals surface area contributed by atoms with Crippen LogP contribution in [-0.4, -0.2) is 32.1 Å². The van der Waals surface area contributed by atoms with Gasteiger partial charge in [-0.25, -0.2) is 9.78 Å². The van der Waals surface area contributed by atoms with E-state index in [1.807, 2.05) is 36.4 Å². The van der Waals surface area contributed by atoms with Crippen LogP contribution in [0.1, 0.15) is 33.5 Å². The van der Waals surface area contributed by atoms with Crippen molar-refractivity contribution in [2.24, 2.45) is 5.73 Å². The lowest BCUT2D eigenvalue weighted by Gasteiger charge is -2.13. The Bertz CT molecular complexity index is 1030. The van der Waals surface area contributed by atoms with Gasteiger partial charge in [0.1, 0.15) is 6.61 Å². The van der Waals surface area contributed by atoms with Crippen LogP contribution in [0, 0.1) is 0 Å². The number of hydrogen-bond acceptors (Lipinski definition) is 8. The zero-order valence-corrected chi connectivity index (χ0v) is 15.9. The molecule has 0 fully saturated rings. The van der Waals surface area contributed by atoms with Gasteiger partial charge in [-0.15, -0.1) is 0 Å². The van der Waals surface area contributed by atoms with Crippen molar-refractivity contribution in [3.8, 4) is 11.6 Å². The number of aromatic nitrogens is 2. The van der Waals surface area contributed by atoms with Crippen LogP contribution in [0.25, 0.3) is 0 Å². The van der Waals surface area contributed by atoms with Crippen molar-refractivity contribution in [1.29, 1.82) is 0 Å². The van der Waals surface area contributed by atoms with Crippen LogP contribution in [-0.2, 0) is 22.7 Å². The summed E-state index contributed by atoms with van der Waals surface area (Å²) in [6, 6.07) is 16.6. The summed E-state index contributed by atoms with van der Waals surface area (Å²) in [4.78, 5) is 32.1. The lowest BCUT2D eigenvalue weighted by molar-refractivity contribution is -0.146. The quantitative estimate of drug-likeness (QED) is 0.431. The number of esters is 1. The van der Waals surface area contributed by atoms with Gasteiger partial charge in [0, 0.05) is 6.54 Å². The largest absolute Gasteiger partial charge is 0.501 e. The highest BCUT2D eigenvalue weighted by Gasteiger charge is 2.26. The van der Waals surface area contributed by atoms with E-state index in [4.69, 9.17) is 10.5 Å². The summed E-state index contributed by atoms with van der Waals surface area (Å²) in [5.41, 5.74) is 6.91. The third kappa shape index (κ3) is 5.09. The minimum absolute atomic E-state index is 0.0120. The van der Waals surface area contributed by atoms with E-state index in [9.17, 15) is 19.8 Å². The first-order valence-electron chi connectivity index (χ1n) is 9.04. The van der Waals surface area contributed by atoms with Gasteiger partial charge in [0.2, 0.25) is 5.75 Å². The maximum atomic E-state index is 12.4. The van der Waals surface area contributed by atoms with Gasteiger partial charge in [-0.05, 0) is 11.1 Å². The molecule has 154 valence electrons. The molecule has 30 heavy (non-hydrogen) atoms. The summed E-state index contributed by atoms with van der Waals surface area (Å²) in [6.07, 6.45) is 0. The Balaban J connectivity index is 1.71. The fourth-order valence-corrected chi connectivity index (χ4v) is 2.54. The Morgan fingerprint density at radius 2 is 1.57 bits per heavy atom. The van der Waals surface area contributed by atoms with Crippen LogP contribution in [0.4, 0.5) is 0 Å². The van der Waals surface area contributed by atoms with Crippen LogP contribution >= 0.6 is 0 Å². The molecule has 0 aliphatic heterocycles. The number of benzene rings is 2. The maximum Gasteiger partial charge on any atom is 0.331 e. The molecule has 1 atom stereocenters. The van der Waals surface area contributed by atoms with Crippen molar-refractivity contribution in [3.05, 3.63) is 83.3 Å². The van der Waals surface area contributed by atoms with Gasteiger partial charge in [0.25, 0.3) is 11.8 Å². The predicted octanol–water partition coefficient (Wildman–Crippen LogP) is 1.56. The molecule has 5 N–H and O–H groups in total. The summed E-state index contributed by atoms with van der Waals surface area (Å²) in [6.45, 7) is 0.159. The highest BCUT2D eigenvalue weighted by atomic mass is 16.5. The first kappa shape index (κ1) is 20.7. The van der Waals surface area contributed by atoms with E-state index in [-0.39, 0.29) is 19.0 Å². The fraction of sp³-hybridized carbons (Fsp3) is 0.143. The molecule has 3 aromatic rings. The summed E-state index contributed by atoms with van der Waals surface area (Å²) in [5.74, 6) is -3.64. The molecule has 1 unspecified atom stereocenters. The number of nitrogens with zero attached hydrogens (tertiary/aromatic N) is 2. The van der Waals surface area contributed by atoms with Crippen molar-refractivity contribution < 1.29 is 24.5 Å². The number of hydrogen-bond donors (Lipinski definition) is 4. The van der Waals surface area contributed by atoms with Crippen molar-refractivity contribution in [3.63, 3.8) is 0 Å². The van der Waals surface area contributed by atoms with Gasteiger partial charge in [0.05, 0.1) is 0 Å². The first-order chi connectivity index (χ1) is 14.5. The van der Waals surface area contributed by atoms with Crippen molar-refractivity contribution >= 4 is 11.9 Å². The number of nitrogens with one attached hydrogen (secondary N) is 1. The van der Waals surface area contributed by atoms with Gasteiger partial charge in [0.15, 0.2) is 17.6 Å². The highest BCUT2D eigenvalue weighted by molar-refractivity contribution is 5.95. The number of amides is 1. The maximum absolute atomic E-state index is 12.4. The third-order valence-corrected chi connectivity index (χ3v) is 4.15. The van der Waals surface area contributed by atoms with Gasteiger partial charge < -0.3 is 26.0 Å². The second-order valence-electron chi connectivity index (χ2n) is 6.34. The highest BCUT2D eigenvalue weighted by Crippen LogP contribution is 2.27. The third-order valence-electron chi connectivity index (χ3n) is 4.15. The van der Waals surface area contributed by atoms with Crippen LogP contribution < -0.4 is 11.1 Å². The van der Waals surface area contributed by atoms with E-state index in [1.165, 1.54) is 0 Å². The van der Waals surface area contributed by atoms with E-state index in [0.29, 0.717) is 0 Å². The Hall–Kier alpha value is -3.98. The van der Waals surface area contributed by atoms with Gasteiger partial charge in [-0.3, -0.25) is 4.79 Å². The molecular formula is C21H20N4O5. The van der Waals surface area contributed by atoms with Crippen LogP contribution in [0.5, 0.6) is 11.6 Å². The number of rotatable bonds is 7. The van der Waals surface area contributed by atoms with Gasteiger partial charge in [-0.2, -0.15) is 4.98 Å². The summed E-state index contributed by atoms with van der Waals surface area (Å²) in [7, 11) is 0. The fourth-order valence-electron chi connectivity index (χ4n) is 2.54. The minimum atomic E-state index is -1.46. The van der Waals surface area contributed by atoms with E-state index in [2.05, 4.69) is 15.3 Å². The zero-order chi connectivity index (χ0) is 21.5. The first-order valence-corrected chi connectivity index (χ1v) is 9.04. The number of ether oxygens (including phenoxy) is 1. The molecule has 2 aromatic carbocycles. The molecule has 0 aliphatic carbocycles. The molecule has 1 aromatic heterocycles. The molecule has 1 amide bonds. The smallest absolute Gasteiger partial charge is 0.331 e. The average Bonchev–Trinajstić information content (AvgIpc) is 2.78. The molecule has 0 radical (unpaired) electrons. The van der Waals surface area contributed by atoms with E-state index >= 15 is 0 Å². The number of nitrogens with two attached hydrogens (primary N) is 1. The Morgan fingerprint density at radius 1 is 0.967 bits per heavy atom. The number of carbonyl (C=O) groups is 2. The lowest BCUT2D eigenvalue weighted by atomic mass is 10.2. The van der Waals surface area contributed by atoms with Crippen LogP contribution in [0.2, 0.25) is 0 Å². The molecule has 0 saturated heterocycles. The molecule has 9 heteroatoms. The molecule has 0 saturated carbocycles. The van der Waals surface area contributed by atoms with Crippen LogP contribution in [0.15, 0.2) is 60.7 Å².